The van der Waals surface area contributed by atoms with Crippen molar-refractivity contribution in [3.63, 3.8) is 0 Å². The molecule has 0 saturated heterocycles. The highest BCUT2D eigenvalue weighted by atomic mass is 16.5. The third-order valence-electron chi connectivity index (χ3n) is 2.84. The lowest BCUT2D eigenvalue weighted by Gasteiger charge is -2.24. The summed E-state index contributed by atoms with van der Waals surface area (Å²) in [7, 11) is 0. The van der Waals surface area contributed by atoms with Crippen LogP contribution in [0, 0.1) is 5.92 Å². The summed E-state index contributed by atoms with van der Waals surface area (Å²) in [4.78, 5) is 2.38. The molecular formula is C13H27NO2. The minimum absolute atomic E-state index is 0.206. The number of hydrogen-bond acceptors (Lipinski definition) is 3. The zero-order valence-electron chi connectivity index (χ0n) is 11.0. The molecule has 0 aromatic heterocycles. The van der Waals surface area contributed by atoms with Crippen LogP contribution in [0.4, 0.5) is 0 Å². The van der Waals surface area contributed by atoms with Crippen molar-refractivity contribution in [3.8, 4) is 0 Å². The molecule has 0 radical (unpaired) electrons. The van der Waals surface area contributed by atoms with Gasteiger partial charge in [-0.25, -0.2) is 0 Å². The fourth-order valence-corrected chi connectivity index (χ4v) is 1.89. The van der Waals surface area contributed by atoms with Crippen molar-refractivity contribution in [2.45, 2.75) is 52.2 Å². The molecule has 1 saturated carbocycles. The normalized spacial score (nSPS) is 18.4. The minimum Gasteiger partial charge on any atom is -0.389 e. The summed E-state index contributed by atoms with van der Waals surface area (Å²) in [5, 5.41) is 9.86. The Labute approximate surface area is 99.8 Å². The number of aliphatic hydroxyl groups excluding tert-OH is 1. The fourth-order valence-electron chi connectivity index (χ4n) is 1.89. The van der Waals surface area contributed by atoms with Gasteiger partial charge in [0.25, 0.3) is 0 Å². The summed E-state index contributed by atoms with van der Waals surface area (Å²) in [6, 6.07) is 0. The smallest absolute Gasteiger partial charge is 0.0900 e. The van der Waals surface area contributed by atoms with Crippen molar-refractivity contribution >= 4 is 0 Å². The molecule has 3 nitrogen and oxygen atoms in total. The molecule has 1 rings (SSSR count). The summed E-state index contributed by atoms with van der Waals surface area (Å²) < 4.78 is 5.43. The maximum Gasteiger partial charge on any atom is 0.0900 e. The fraction of sp³-hybridized carbons (Fsp3) is 1.00. The van der Waals surface area contributed by atoms with Crippen LogP contribution in [-0.2, 0) is 4.74 Å². The second-order valence-electron chi connectivity index (χ2n) is 5.24. The number of rotatable bonds is 9. The van der Waals surface area contributed by atoms with Gasteiger partial charge in [-0.2, -0.15) is 0 Å². The van der Waals surface area contributed by atoms with E-state index in [1.54, 1.807) is 0 Å². The van der Waals surface area contributed by atoms with Crippen molar-refractivity contribution in [2.24, 2.45) is 5.92 Å². The SMILES string of the molecule is CCCN(CC(O)COC(C)C)CC1CC1. The van der Waals surface area contributed by atoms with E-state index >= 15 is 0 Å². The van der Waals surface area contributed by atoms with Gasteiger partial charge in [0.05, 0.1) is 18.8 Å². The lowest BCUT2D eigenvalue weighted by atomic mass is 10.2. The molecule has 1 N–H and O–H groups in total. The van der Waals surface area contributed by atoms with Gasteiger partial charge in [-0.3, -0.25) is 0 Å². The first-order valence-electron chi connectivity index (χ1n) is 6.63. The van der Waals surface area contributed by atoms with Crippen LogP contribution in [0.3, 0.4) is 0 Å². The van der Waals surface area contributed by atoms with Crippen LogP contribution in [-0.4, -0.2) is 48.5 Å². The predicted molar refractivity (Wildman–Crippen MR) is 66.5 cm³/mol. The molecule has 1 unspecified atom stereocenters. The molecule has 0 spiro atoms. The largest absolute Gasteiger partial charge is 0.389 e. The second kappa shape index (κ2) is 7.25. The third-order valence-corrected chi connectivity index (χ3v) is 2.84. The lowest BCUT2D eigenvalue weighted by molar-refractivity contribution is -0.00897. The number of nitrogens with zero attached hydrogens (tertiary/aromatic N) is 1. The summed E-state index contributed by atoms with van der Waals surface area (Å²) in [6.45, 7) is 9.67. The van der Waals surface area contributed by atoms with Gasteiger partial charge in [0.15, 0.2) is 0 Å². The van der Waals surface area contributed by atoms with Crippen LogP contribution in [0.15, 0.2) is 0 Å². The maximum absolute atomic E-state index is 9.86. The maximum atomic E-state index is 9.86. The van der Waals surface area contributed by atoms with Crippen LogP contribution in [0.1, 0.15) is 40.0 Å². The molecular weight excluding hydrogens is 202 g/mol. The second-order valence-corrected chi connectivity index (χ2v) is 5.24. The summed E-state index contributed by atoms with van der Waals surface area (Å²) in [5.41, 5.74) is 0. The Bertz CT molecular complexity index is 181. The first-order chi connectivity index (χ1) is 7.61. The Morgan fingerprint density at radius 1 is 1.38 bits per heavy atom. The van der Waals surface area contributed by atoms with Crippen molar-refractivity contribution in [1.29, 1.82) is 0 Å². The van der Waals surface area contributed by atoms with E-state index in [2.05, 4.69) is 11.8 Å². The highest BCUT2D eigenvalue weighted by molar-refractivity contribution is 4.78. The predicted octanol–water partition coefficient (Wildman–Crippen LogP) is 1.89. The van der Waals surface area contributed by atoms with Crippen LogP contribution in [0.2, 0.25) is 0 Å². The van der Waals surface area contributed by atoms with Gasteiger partial charge in [0, 0.05) is 13.1 Å². The van der Waals surface area contributed by atoms with E-state index in [4.69, 9.17) is 4.74 Å². The van der Waals surface area contributed by atoms with Gasteiger partial charge in [-0.1, -0.05) is 6.92 Å². The molecule has 1 aliphatic rings. The van der Waals surface area contributed by atoms with Gasteiger partial charge in [-0.15, -0.1) is 0 Å². The van der Waals surface area contributed by atoms with E-state index in [1.807, 2.05) is 13.8 Å². The first kappa shape index (κ1) is 13.9. The Hall–Kier alpha value is -0.120. The van der Waals surface area contributed by atoms with Crippen LogP contribution >= 0.6 is 0 Å². The highest BCUT2D eigenvalue weighted by Crippen LogP contribution is 2.29. The third kappa shape index (κ3) is 6.46. The molecule has 3 heteroatoms. The van der Waals surface area contributed by atoms with Gasteiger partial charge in [0.2, 0.25) is 0 Å². The van der Waals surface area contributed by atoms with E-state index in [0.29, 0.717) is 6.61 Å². The molecule has 1 atom stereocenters. The molecule has 0 bridgehead atoms. The Kier molecular flexibility index (Phi) is 6.32. The van der Waals surface area contributed by atoms with E-state index in [0.717, 1.165) is 32.0 Å². The van der Waals surface area contributed by atoms with Gasteiger partial charge >= 0.3 is 0 Å². The summed E-state index contributed by atoms with van der Waals surface area (Å²) in [6.07, 6.45) is 3.77. The first-order valence-corrected chi connectivity index (χ1v) is 6.63. The quantitative estimate of drug-likeness (QED) is 0.655. The molecule has 1 aliphatic carbocycles. The van der Waals surface area contributed by atoms with E-state index in [9.17, 15) is 5.11 Å². The van der Waals surface area contributed by atoms with Gasteiger partial charge in [0.1, 0.15) is 0 Å². The van der Waals surface area contributed by atoms with Crippen LogP contribution in [0.5, 0.6) is 0 Å². The lowest BCUT2D eigenvalue weighted by Crippen LogP contribution is -2.37. The molecule has 0 aromatic carbocycles. The van der Waals surface area contributed by atoms with Crippen molar-refractivity contribution in [2.75, 3.05) is 26.2 Å². The molecule has 0 heterocycles. The molecule has 0 aromatic rings. The van der Waals surface area contributed by atoms with Crippen molar-refractivity contribution in [3.05, 3.63) is 0 Å². The van der Waals surface area contributed by atoms with Crippen molar-refractivity contribution in [1.82, 2.24) is 4.90 Å². The van der Waals surface area contributed by atoms with E-state index < -0.39 is 0 Å². The standard InChI is InChI=1S/C13H27NO2/c1-4-7-14(8-12-5-6-12)9-13(15)10-16-11(2)3/h11-13,15H,4-10H2,1-3H3. The summed E-state index contributed by atoms with van der Waals surface area (Å²) >= 11 is 0. The highest BCUT2D eigenvalue weighted by Gasteiger charge is 2.24. The molecule has 96 valence electrons. The zero-order chi connectivity index (χ0) is 12.0. The molecule has 16 heavy (non-hydrogen) atoms. The minimum atomic E-state index is -0.340. The number of ether oxygens (including phenoxy) is 1. The van der Waals surface area contributed by atoms with Crippen molar-refractivity contribution < 1.29 is 9.84 Å². The molecule has 0 amide bonds. The monoisotopic (exact) mass is 229 g/mol. The molecule has 0 aliphatic heterocycles. The number of hydrogen-bond donors (Lipinski definition) is 1. The number of aliphatic hydroxyl groups is 1. The Balaban J connectivity index is 2.17. The van der Waals surface area contributed by atoms with Gasteiger partial charge < -0.3 is 14.7 Å². The van der Waals surface area contributed by atoms with E-state index in [1.165, 1.54) is 12.8 Å². The Morgan fingerprint density at radius 3 is 2.56 bits per heavy atom. The average molecular weight is 229 g/mol. The average Bonchev–Trinajstić information content (AvgIpc) is 2.99. The van der Waals surface area contributed by atoms with Crippen LogP contribution in [0.25, 0.3) is 0 Å². The Morgan fingerprint density at radius 2 is 2.06 bits per heavy atom. The van der Waals surface area contributed by atoms with Gasteiger partial charge in [-0.05, 0) is 45.6 Å². The molecule has 1 fully saturated rings. The van der Waals surface area contributed by atoms with Crippen LogP contribution < -0.4 is 0 Å². The summed E-state index contributed by atoms with van der Waals surface area (Å²) in [5.74, 6) is 0.893. The zero-order valence-corrected chi connectivity index (χ0v) is 11.0. The topological polar surface area (TPSA) is 32.7 Å². The van der Waals surface area contributed by atoms with E-state index in [-0.39, 0.29) is 12.2 Å².